The maximum absolute atomic E-state index is 13.3. The van der Waals surface area contributed by atoms with Gasteiger partial charge in [-0.2, -0.15) is 8.78 Å². The predicted molar refractivity (Wildman–Crippen MR) is 185 cm³/mol. The Kier molecular flexibility index (Phi) is 7.97. The highest BCUT2D eigenvalue weighted by molar-refractivity contribution is 6.06. The zero-order valence-electron chi connectivity index (χ0n) is 28.4. The standard InChI is InChI=1S/C39H42F2N4O4/c1-21-5-6-25(11-21)36-42-17-33(44-36)24-7-9-27-26(13-24)20-47-35-16-28-23(14-30(27)35)8-10-31-29(28)15-32(43-31)34-12-22(19-48-37(40)41)18-45(34)38(46)49-39(2,3)4/h7-10,13-14,16-17,21-22,25,34,37H,5-6,11-12,15,18-20H2,1-4H3,(H,42,44)/t21-,22-,25+,34-/m0/s1. The average molecular weight is 669 g/mol. The molecule has 1 aliphatic carbocycles. The Bertz CT molecular complexity index is 1960. The minimum absolute atomic E-state index is 0.133. The molecule has 8 rings (SSSR count). The SMILES string of the molecule is C[C@H]1CC[C@@H](c2ncc(-c3ccc4c(c3)COc3cc5c6c(ccc5cc3-4)N=C([C@@H]3C[C@H](COC(F)F)CN3C(=O)OC(C)(C)C)C6)[nH]2)C1. The van der Waals surface area contributed by atoms with Gasteiger partial charge in [-0.25, -0.2) is 9.78 Å². The van der Waals surface area contributed by atoms with Crippen LogP contribution in [-0.2, 0) is 22.5 Å². The van der Waals surface area contributed by atoms with Crippen LogP contribution in [0.4, 0.5) is 19.3 Å². The van der Waals surface area contributed by atoms with Crippen LogP contribution in [0.15, 0.2) is 53.7 Å². The molecule has 4 aromatic rings. The van der Waals surface area contributed by atoms with Crippen molar-refractivity contribution in [2.45, 2.75) is 90.6 Å². The number of ether oxygens (including phenoxy) is 3. The summed E-state index contributed by atoms with van der Waals surface area (Å²) in [5.41, 5.74) is 7.55. The van der Waals surface area contributed by atoms with Crippen molar-refractivity contribution in [3.63, 3.8) is 0 Å². The maximum Gasteiger partial charge on any atom is 0.410 e. The summed E-state index contributed by atoms with van der Waals surface area (Å²) in [4.78, 5) is 28.2. The molecule has 0 bridgehead atoms. The van der Waals surface area contributed by atoms with Crippen LogP contribution in [0.3, 0.4) is 0 Å². The Hall–Kier alpha value is -4.31. The molecule has 2 fully saturated rings. The quantitative estimate of drug-likeness (QED) is 0.221. The van der Waals surface area contributed by atoms with Crippen molar-refractivity contribution < 1.29 is 27.8 Å². The number of aliphatic imine (C=N–C) groups is 1. The van der Waals surface area contributed by atoms with Gasteiger partial charge in [-0.15, -0.1) is 0 Å². The van der Waals surface area contributed by atoms with E-state index in [1.807, 2.05) is 33.0 Å². The van der Waals surface area contributed by atoms with Crippen LogP contribution < -0.4 is 4.74 Å². The minimum atomic E-state index is -2.86. The number of alkyl halides is 2. The number of halogens is 2. The summed E-state index contributed by atoms with van der Waals surface area (Å²) in [5, 5.41) is 2.14. The number of hydrogen-bond acceptors (Lipinski definition) is 6. The van der Waals surface area contributed by atoms with Crippen LogP contribution in [-0.4, -0.2) is 58.1 Å². The fourth-order valence-electron chi connectivity index (χ4n) is 8.13. The molecule has 0 spiro atoms. The van der Waals surface area contributed by atoms with E-state index >= 15 is 0 Å². The number of aromatic nitrogens is 2. The van der Waals surface area contributed by atoms with Gasteiger partial charge in [-0.1, -0.05) is 25.1 Å². The number of H-pyrrole nitrogens is 1. The predicted octanol–water partition coefficient (Wildman–Crippen LogP) is 9.19. The summed E-state index contributed by atoms with van der Waals surface area (Å²) < 4.78 is 42.5. The largest absolute Gasteiger partial charge is 0.488 e. The van der Waals surface area contributed by atoms with Crippen molar-refractivity contribution in [3.05, 3.63) is 65.6 Å². The Labute approximate surface area is 284 Å². The van der Waals surface area contributed by atoms with Crippen LogP contribution in [0.2, 0.25) is 0 Å². The van der Waals surface area contributed by atoms with E-state index in [1.54, 1.807) is 4.90 Å². The van der Waals surface area contributed by atoms with Gasteiger partial charge in [0.2, 0.25) is 0 Å². The summed E-state index contributed by atoms with van der Waals surface area (Å²) in [6.07, 6.45) is 6.16. The van der Waals surface area contributed by atoms with Gasteiger partial charge in [-0.3, -0.25) is 9.89 Å². The number of benzene rings is 3. The van der Waals surface area contributed by atoms with E-state index in [0.29, 0.717) is 25.4 Å². The molecule has 10 heteroatoms. The lowest BCUT2D eigenvalue weighted by Gasteiger charge is -2.28. The molecule has 1 saturated heterocycles. The van der Waals surface area contributed by atoms with Crippen molar-refractivity contribution in [2.24, 2.45) is 16.8 Å². The highest BCUT2D eigenvalue weighted by Gasteiger charge is 2.42. The molecular formula is C39H42F2N4O4. The van der Waals surface area contributed by atoms with Gasteiger partial charge in [0, 0.05) is 36.1 Å². The lowest BCUT2D eigenvalue weighted by Crippen LogP contribution is -2.43. The third kappa shape index (κ3) is 6.20. The van der Waals surface area contributed by atoms with Gasteiger partial charge in [0.15, 0.2) is 0 Å². The molecule has 256 valence electrons. The van der Waals surface area contributed by atoms with Gasteiger partial charge in [-0.05, 0) is 110 Å². The van der Waals surface area contributed by atoms with Crippen molar-refractivity contribution in [2.75, 3.05) is 13.2 Å². The van der Waals surface area contributed by atoms with Gasteiger partial charge in [0.1, 0.15) is 23.8 Å². The van der Waals surface area contributed by atoms with E-state index in [0.717, 1.165) is 73.2 Å². The fraction of sp³-hybridized carbons (Fsp3) is 0.462. The summed E-state index contributed by atoms with van der Waals surface area (Å²) >= 11 is 0. The zero-order valence-corrected chi connectivity index (χ0v) is 28.4. The third-order valence-corrected chi connectivity index (χ3v) is 10.5. The third-order valence-electron chi connectivity index (χ3n) is 10.5. The molecule has 1 aromatic heterocycles. The number of hydrogen-bond donors (Lipinski definition) is 1. The molecule has 1 N–H and O–H groups in total. The van der Waals surface area contributed by atoms with E-state index in [9.17, 15) is 13.6 Å². The number of nitrogens with one attached hydrogen (secondary N) is 1. The Morgan fingerprint density at radius 2 is 1.96 bits per heavy atom. The summed E-state index contributed by atoms with van der Waals surface area (Å²) in [6, 6.07) is 14.6. The highest BCUT2D eigenvalue weighted by atomic mass is 19.3. The van der Waals surface area contributed by atoms with Crippen molar-refractivity contribution in [1.82, 2.24) is 14.9 Å². The van der Waals surface area contributed by atoms with E-state index in [2.05, 4.69) is 53.0 Å². The minimum Gasteiger partial charge on any atom is -0.488 e. The number of fused-ring (bicyclic) bond motifs is 6. The second-order valence-corrected chi connectivity index (χ2v) is 15.2. The topological polar surface area (TPSA) is 89.0 Å². The average Bonchev–Trinajstić information content (AvgIpc) is 3.87. The van der Waals surface area contributed by atoms with Crippen LogP contribution >= 0.6 is 0 Å². The van der Waals surface area contributed by atoms with Crippen molar-refractivity contribution in [1.29, 1.82) is 0 Å². The van der Waals surface area contributed by atoms with Crippen molar-refractivity contribution >= 4 is 28.3 Å². The van der Waals surface area contributed by atoms with E-state index < -0.39 is 18.3 Å². The molecule has 1 amide bonds. The van der Waals surface area contributed by atoms with Crippen LogP contribution in [0.1, 0.15) is 76.2 Å². The maximum atomic E-state index is 13.3. The second-order valence-electron chi connectivity index (χ2n) is 15.2. The summed E-state index contributed by atoms with van der Waals surface area (Å²) in [5.74, 6) is 2.94. The van der Waals surface area contributed by atoms with E-state index in [-0.39, 0.29) is 25.1 Å². The zero-order chi connectivity index (χ0) is 34.0. The molecule has 4 atom stereocenters. The second kappa shape index (κ2) is 12.2. The number of carbonyl (C=O) groups is 1. The summed E-state index contributed by atoms with van der Waals surface area (Å²) in [7, 11) is 0. The van der Waals surface area contributed by atoms with E-state index in [1.165, 1.54) is 19.3 Å². The first-order valence-corrected chi connectivity index (χ1v) is 17.4. The molecule has 8 nitrogen and oxygen atoms in total. The Morgan fingerprint density at radius 3 is 2.73 bits per heavy atom. The molecule has 1 saturated carbocycles. The molecule has 3 aliphatic heterocycles. The lowest BCUT2D eigenvalue weighted by atomic mass is 9.90. The molecule has 3 aromatic carbocycles. The Morgan fingerprint density at radius 1 is 1.10 bits per heavy atom. The van der Waals surface area contributed by atoms with Gasteiger partial charge in [0.05, 0.1) is 30.2 Å². The molecular weight excluding hydrogens is 626 g/mol. The monoisotopic (exact) mass is 668 g/mol. The number of amides is 1. The van der Waals surface area contributed by atoms with Gasteiger partial charge >= 0.3 is 12.7 Å². The van der Waals surface area contributed by atoms with Crippen LogP contribution in [0.5, 0.6) is 5.75 Å². The molecule has 4 heterocycles. The summed E-state index contributed by atoms with van der Waals surface area (Å²) in [6.45, 7) is 5.51. The lowest BCUT2D eigenvalue weighted by molar-refractivity contribution is -0.137. The first-order chi connectivity index (χ1) is 23.5. The van der Waals surface area contributed by atoms with Gasteiger partial charge < -0.3 is 19.2 Å². The van der Waals surface area contributed by atoms with Gasteiger partial charge in [0.25, 0.3) is 0 Å². The molecule has 49 heavy (non-hydrogen) atoms. The number of rotatable bonds is 6. The first kappa shape index (κ1) is 31.9. The normalized spacial score (nSPS) is 23.0. The smallest absolute Gasteiger partial charge is 0.410 e. The number of likely N-dealkylation sites (tertiary alicyclic amines) is 1. The number of imidazole rings is 1. The molecule has 0 unspecified atom stereocenters. The van der Waals surface area contributed by atoms with E-state index in [4.69, 9.17) is 19.5 Å². The highest BCUT2D eigenvalue weighted by Crippen LogP contribution is 2.45. The molecule has 4 aliphatic rings. The van der Waals surface area contributed by atoms with Crippen LogP contribution in [0, 0.1) is 11.8 Å². The number of carbonyl (C=O) groups excluding carboxylic acids is 1. The van der Waals surface area contributed by atoms with Crippen molar-refractivity contribution in [3.8, 4) is 28.1 Å². The number of aromatic amines is 1. The van der Waals surface area contributed by atoms with Crippen LogP contribution in [0.25, 0.3) is 33.2 Å². The number of nitrogens with zero attached hydrogens (tertiary/aromatic N) is 3. The first-order valence-electron chi connectivity index (χ1n) is 17.4. The fourth-order valence-corrected chi connectivity index (χ4v) is 8.13. The Balaban J connectivity index is 1.05. The molecule has 0 radical (unpaired) electrons.